The maximum Gasteiger partial charge on any atom is 0.412 e. The number of carbonyl (C=O) groups excluding carboxylic acids is 1. The van der Waals surface area contributed by atoms with Crippen molar-refractivity contribution in [1.29, 1.82) is 0 Å². The standard InChI is InChI=1S/C11H11N3O2/c1-7-3-4-8-5-6-9(13-10(8)12-7)14-11(15)16-2/h3-6H,1-2H3,(H,12,13,14,15). The molecule has 0 aliphatic rings. The van der Waals surface area contributed by atoms with Crippen molar-refractivity contribution >= 4 is 22.9 Å². The third-order valence-electron chi connectivity index (χ3n) is 2.11. The zero-order chi connectivity index (χ0) is 11.5. The molecule has 0 saturated carbocycles. The predicted molar refractivity (Wildman–Crippen MR) is 60.3 cm³/mol. The van der Waals surface area contributed by atoms with E-state index in [-0.39, 0.29) is 0 Å². The number of nitrogens with one attached hydrogen (secondary N) is 1. The predicted octanol–water partition coefficient (Wildman–Crippen LogP) is 2.12. The van der Waals surface area contributed by atoms with Crippen molar-refractivity contribution in [3.63, 3.8) is 0 Å². The third-order valence-corrected chi connectivity index (χ3v) is 2.11. The quantitative estimate of drug-likeness (QED) is 0.794. The average molecular weight is 217 g/mol. The second-order valence-corrected chi connectivity index (χ2v) is 3.31. The molecule has 2 aromatic rings. The number of methoxy groups -OCH3 is 1. The minimum Gasteiger partial charge on any atom is -0.453 e. The molecule has 82 valence electrons. The first-order valence-corrected chi connectivity index (χ1v) is 4.78. The number of nitrogens with zero attached hydrogens (tertiary/aromatic N) is 2. The van der Waals surface area contributed by atoms with Gasteiger partial charge in [0.05, 0.1) is 7.11 Å². The number of ether oxygens (including phenoxy) is 1. The molecule has 0 aliphatic heterocycles. The SMILES string of the molecule is COC(=O)Nc1ccc2ccc(C)nc2n1. The molecule has 16 heavy (non-hydrogen) atoms. The van der Waals surface area contributed by atoms with E-state index in [1.54, 1.807) is 6.07 Å². The van der Waals surface area contributed by atoms with Gasteiger partial charge in [-0.1, -0.05) is 0 Å². The lowest BCUT2D eigenvalue weighted by molar-refractivity contribution is 0.187. The van der Waals surface area contributed by atoms with Crippen LogP contribution in [0.2, 0.25) is 0 Å². The van der Waals surface area contributed by atoms with Crippen LogP contribution in [0.5, 0.6) is 0 Å². The summed E-state index contributed by atoms with van der Waals surface area (Å²) < 4.78 is 4.48. The number of amides is 1. The summed E-state index contributed by atoms with van der Waals surface area (Å²) in [4.78, 5) is 19.5. The molecular formula is C11H11N3O2. The molecule has 0 unspecified atom stereocenters. The van der Waals surface area contributed by atoms with Gasteiger partial charge in [-0.2, -0.15) is 0 Å². The van der Waals surface area contributed by atoms with Crippen molar-refractivity contribution in [1.82, 2.24) is 9.97 Å². The Kier molecular flexibility index (Phi) is 2.68. The third kappa shape index (κ3) is 2.08. The van der Waals surface area contributed by atoms with E-state index in [0.717, 1.165) is 11.1 Å². The number of hydrogen-bond acceptors (Lipinski definition) is 4. The molecule has 1 N–H and O–H groups in total. The molecule has 0 fully saturated rings. The van der Waals surface area contributed by atoms with Gasteiger partial charge in [-0.15, -0.1) is 0 Å². The van der Waals surface area contributed by atoms with Crippen LogP contribution in [0, 0.1) is 6.92 Å². The van der Waals surface area contributed by atoms with Crippen molar-refractivity contribution in [3.8, 4) is 0 Å². The van der Waals surface area contributed by atoms with Crippen LogP contribution in [0.1, 0.15) is 5.69 Å². The highest BCUT2D eigenvalue weighted by Crippen LogP contribution is 2.13. The van der Waals surface area contributed by atoms with E-state index < -0.39 is 6.09 Å². The van der Waals surface area contributed by atoms with E-state index in [1.807, 2.05) is 25.1 Å². The van der Waals surface area contributed by atoms with Crippen LogP contribution < -0.4 is 5.32 Å². The molecule has 2 heterocycles. The number of pyridine rings is 2. The maximum atomic E-state index is 11.0. The molecule has 1 amide bonds. The Labute approximate surface area is 92.5 Å². The smallest absolute Gasteiger partial charge is 0.412 e. The second kappa shape index (κ2) is 4.14. The Morgan fingerprint density at radius 2 is 2.00 bits per heavy atom. The molecule has 0 aromatic carbocycles. The van der Waals surface area contributed by atoms with Gasteiger partial charge in [-0.25, -0.2) is 14.8 Å². The van der Waals surface area contributed by atoms with Crippen molar-refractivity contribution in [3.05, 3.63) is 30.0 Å². The maximum absolute atomic E-state index is 11.0. The number of anilines is 1. The summed E-state index contributed by atoms with van der Waals surface area (Å²) in [6, 6.07) is 7.40. The van der Waals surface area contributed by atoms with Gasteiger partial charge in [0.1, 0.15) is 5.82 Å². The Balaban J connectivity index is 2.39. The fourth-order valence-electron chi connectivity index (χ4n) is 1.32. The van der Waals surface area contributed by atoms with E-state index in [1.165, 1.54) is 7.11 Å². The molecular weight excluding hydrogens is 206 g/mol. The molecule has 0 saturated heterocycles. The number of rotatable bonds is 1. The largest absolute Gasteiger partial charge is 0.453 e. The average Bonchev–Trinajstić information content (AvgIpc) is 2.28. The Hall–Kier alpha value is -2.17. The van der Waals surface area contributed by atoms with E-state index in [4.69, 9.17) is 0 Å². The van der Waals surface area contributed by atoms with Gasteiger partial charge >= 0.3 is 6.09 Å². The number of fused-ring (bicyclic) bond motifs is 1. The number of aromatic nitrogens is 2. The second-order valence-electron chi connectivity index (χ2n) is 3.31. The Morgan fingerprint density at radius 1 is 1.25 bits per heavy atom. The van der Waals surface area contributed by atoms with Gasteiger partial charge in [-0.3, -0.25) is 5.32 Å². The lowest BCUT2D eigenvalue weighted by Crippen LogP contribution is -2.12. The van der Waals surface area contributed by atoms with Crippen LogP contribution in [0.25, 0.3) is 11.0 Å². The number of aryl methyl sites for hydroxylation is 1. The summed E-state index contributed by atoms with van der Waals surface area (Å²) >= 11 is 0. The van der Waals surface area contributed by atoms with Crippen LogP contribution >= 0.6 is 0 Å². The van der Waals surface area contributed by atoms with Gasteiger partial charge in [0.15, 0.2) is 5.65 Å². The van der Waals surface area contributed by atoms with Crippen molar-refractivity contribution in [2.24, 2.45) is 0 Å². The van der Waals surface area contributed by atoms with Crippen LogP contribution in [-0.4, -0.2) is 23.2 Å². The highest BCUT2D eigenvalue weighted by atomic mass is 16.5. The summed E-state index contributed by atoms with van der Waals surface area (Å²) in [7, 11) is 1.30. The molecule has 0 atom stereocenters. The molecule has 5 nitrogen and oxygen atoms in total. The summed E-state index contributed by atoms with van der Waals surface area (Å²) in [6.45, 7) is 1.89. The zero-order valence-electron chi connectivity index (χ0n) is 9.02. The fraction of sp³-hybridized carbons (Fsp3) is 0.182. The molecule has 0 spiro atoms. The van der Waals surface area contributed by atoms with Gasteiger partial charge in [0.25, 0.3) is 0 Å². The van der Waals surface area contributed by atoms with Gasteiger partial charge in [0, 0.05) is 11.1 Å². The van der Waals surface area contributed by atoms with E-state index in [9.17, 15) is 4.79 Å². The lowest BCUT2D eigenvalue weighted by atomic mass is 10.2. The van der Waals surface area contributed by atoms with Crippen molar-refractivity contribution in [2.45, 2.75) is 6.92 Å². The Morgan fingerprint density at radius 3 is 2.75 bits per heavy atom. The summed E-state index contributed by atoms with van der Waals surface area (Å²) in [5.41, 5.74) is 1.49. The van der Waals surface area contributed by atoms with Gasteiger partial charge < -0.3 is 4.74 Å². The molecule has 2 rings (SSSR count). The van der Waals surface area contributed by atoms with Crippen LogP contribution in [0.4, 0.5) is 10.6 Å². The monoisotopic (exact) mass is 217 g/mol. The van der Waals surface area contributed by atoms with Gasteiger partial charge in [0.2, 0.25) is 0 Å². The normalized spacial score (nSPS) is 10.1. The van der Waals surface area contributed by atoms with Crippen LogP contribution in [0.3, 0.4) is 0 Å². The fourth-order valence-corrected chi connectivity index (χ4v) is 1.32. The first-order chi connectivity index (χ1) is 7.69. The highest BCUT2D eigenvalue weighted by Gasteiger charge is 2.03. The lowest BCUT2D eigenvalue weighted by Gasteiger charge is -2.04. The first kappa shape index (κ1) is 10.4. The summed E-state index contributed by atoms with van der Waals surface area (Å²) in [6.07, 6.45) is -0.542. The van der Waals surface area contributed by atoms with E-state index >= 15 is 0 Å². The molecule has 0 bridgehead atoms. The highest BCUT2D eigenvalue weighted by molar-refractivity contribution is 5.85. The molecule has 5 heteroatoms. The summed E-state index contributed by atoms with van der Waals surface area (Å²) in [5.74, 6) is 0.428. The van der Waals surface area contributed by atoms with Gasteiger partial charge in [-0.05, 0) is 31.2 Å². The molecule has 2 aromatic heterocycles. The number of hydrogen-bond donors (Lipinski definition) is 1. The topological polar surface area (TPSA) is 64.1 Å². The summed E-state index contributed by atoms with van der Waals surface area (Å²) in [5, 5.41) is 3.42. The first-order valence-electron chi connectivity index (χ1n) is 4.78. The van der Waals surface area contributed by atoms with Crippen LogP contribution in [-0.2, 0) is 4.74 Å². The van der Waals surface area contributed by atoms with Crippen LogP contribution in [0.15, 0.2) is 24.3 Å². The Bertz CT molecular complexity index is 540. The van der Waals surface area contributed by atoms with Crippen molar-refractivity contribution < 1.29 is 9.53 Å². The minimum absolute atomic E-state index is 0.428. The minimum atomic E-state index is -0.542. The van der Waals surface area contributed by atoms with E-state index in [0.29, 0.717) is 11.5 Å². The zero-order valence-corrected chi connectivity index (χ0v) is 9.02. The molecule has 0 radical (unpaired) electrons. The van der Waals surface area contributed by atoms with Crippen molar-refractivity contribution in [2.75, 3.05) is 12.4 Å². The van der Waals surface area contributed by atoms with E-state index in [2.05, 4.69) is 20.0 Å². The number of carbonyl (C=O) groups is 1. The molecule has 0 aliphatic carbocycles.